The molecule has 8 heteroatoms. The molecule has 0 aliphatic rings. The van der Waals surface area contributed by atoms with Crippen LogP contribution in [0.3, 0.4) is 0 Å². The largest absolute Gasteiger partial charge is 0.488 e. The highest BCUT2D eigenvalue weighted by Crippen LogP contribution is 2.23. The molecule has 0 saturated carbocycles. The van der Waals surface area contributed by atoms with Crippen molar-refractivity contribution in [3.63, 3.8) is 0 Å². The highest BCUT2D eigenvalue weighted by Gasteiger charge is 2.12. The van der Waals surface area contributed by atoms with Gasteiger partial charge in [0, 0.05) is 6.08 Å². The standard InChI is InChI=1S/C28H29BO7/c1-2-27(30)34-20-6-4-3-5-7-21-8-14-24(15-9-21)35-25-16-10-22(11-17-25)28(31)36-26-18-12-23(13-19-26)29(32)33/h2,8-19,32-33H,1,3-7,20H2. The number of esters is 2. The maximum atomic E-state index is 12.4. The minimum absolute atomic E-state index is 0.304. The summed E-state index contributed by atoms with van der Waals surface area (Å²) in [5.41, 5.74) is 1.90. The van der Waals surface area contributed by atoms with E-state index in [0.29, 0.717) is 34.9 Å². The van der Waals surface area contributed by atoms with Crippen LogP contribution in [0.5, 0.6) is 17.2 Å². The monoisotopic (exact) mass is 488 g/mol. The van der Waals surface area contributed by atoms with Crippen molar-refractivity contribution in [2.45, 2.75) is 32.1 Å². The van der Waals surface area contributed by atoms with Crippen LogP contribution in [-0.4, -0.2) is 35.7 Å². The van der Waals surface area contributed by atoms with E-state index in [1.54, 1.807) is 24.3 Å². The van der Waals surface area contributed by atoms with Crippen molar-refractivity contribution in [2.75, 3.05) is 6.61 Å². The molecular formula is C28H29BO7. The minimum atomic E-state index is -1.57. The molecule has 0 unspecified atom stereocenters. The van der Waals surface area contributed by atoms with Gasteiger partial charge in [0.15, 0.2) is 0 Å². The first kappa shape index (κ1) is 26.7. The van der Waals surface area contributed by atoms with E-state index >= 15 is 0 Å². The van der Waals surface area contributed by atoms with E-state index in [9.17, 15) is 9.59 Å². The van der Waals surface area contributed by atoms with Gasteiger partial charge in [-0.15, -0.1) is 0 Å². The Bertz CT molecular complexity index is 1120. The summed E-state index contributed by atoms with van der Waals surface area (Å²) in [5, 5.41) is 18.3. The number of aryl methyl sites for hydroxylation is 1. The van der Waals surface area contributed by atoms with E-state index in [1.807, 2.05) is 24.3 Å². The molecule has 0 saturated heterocycles. The minimum Gasteiger partial charge on any atom is -0.463 e. The summed E-state index contributed by atoms with van der Waals surface area (Å²) in [6.07, 6.45) is 6.12. The molecule has 186 valence electrons. The average molecular weight is 488 g/mol. The lowest BCUT2D eigenvalue weighted by Crippen LogP contribution is -2.29. The summed E-state index contributed by atoms with van der Waals surface area (Å²) in [6.45, 7) is 3.80. The highest BCUT2D eigenvalue weighted by atomic mass is 16.5. The third-order valence-corrected chi connectivity index (χ3v) is 5.41. The number of hydrogen-bond acceptors (Lipinski definition) is 7. The van der Waals surface area contributed by atoms with Crippen LogP contribution >= 0.6 is 0 Å². The molecule has 0 bridgehead atoms. The second-order valence-corrected chi connectivity index (χ2v) is 8.14. The first-order valence-electron chi connectivity index (χ1n) is 11.8. The molecule has 0 aromatic heterocycles. The number of carbonyl (C=O) groups excluding carboxylic acids is 2. The van der Waals surface area contributed by atoms with Gasteiger partial charge in [-0.25, -0.2) is 9.59 Å². The van der Waals surface area contributed by atoms with Crippen molar-refractivity contribution in [1.82, 2.24) is 0 Å². The van der Waals surface area contributed by atoms with Gasteiger partial charge in [0.25, 0.3) is 0 Å². The fourth-order valence-corrected chi connectivity index (χ4v) is 3.41. The molecule has 7 nitrogen and oxygen atoms in total. The SMILES string of the molecule is C=CC(=O)OCCCCCCc1ccc(Oc2ccc(C(=O)Oc3ccc(B(O)O)cc3)cc2)cc1. The first-order valence-corrected chi connectivity index (χ1v) is 11.8. The molecule has 0 aliphatic carbocycles. The summed E-state index contributed by atoms with van der Waals surface area (Å²) in [5.74, 6) is 0.696. The normalized spacial score (nSPS) is 10.4. The lowest BCUT2D eigenvalue weighted by Gasteiger charge is -2.09. The Hall–Kier alpha value is -3.88. The number of rotatable bonds is 13. The van der Waals surface area contributed by atoms with Crippen molar-refractivity contribution in [3.8, 4) is 17.2 Å². The summed E-state index contributed by atoms with van der Waals surface area (Å²) in [6, 6.07) is 20.5. The van der Waals surface area contributed by atoms with Crippen molar-refractivity contribution < 1.29 is 33.8 Å². The topological polar surface area (TPSA) is 102 Å². The molecule has 3 aromatic rings. The van der Waals surface area contributed by atoms with Crippen LogP contribution in [-0.2, 0) is 16.0 Å². The molecule has 0 heterocycles. The Morgan fingerprint density at radius 3 is 1.97 bits per heavy atom. The second-order valence-electron chi connectivity index (χ2n) is 8.14. The van der Waals surface area contributed by atoms with Gasteiger partial charge in [-0.3, -0.25) is 0 Å². The third kappa shape index (κ3) is 8.72. The van der Waals surface area contributed by atoms with E-state index in [4.69, 9.17) is 24.3 Å². The quantitative estimate of drug-likeness (QED) is 0.122. The summed E-state index contributed by atoms with van der Waals surface area (Å²) in [7, 11) is -1.57. The smallest absolute Gasteiger partial charge is 0.463 e. The van der Waals surface area contributed by atoms with Gasteiger partial charge in [0.2, 0.25) is 0 Å². The van der Waals surface area contributed by atoms with Crippen molar-refractivity contribution >= 4 is 24.5 Å². The zero-order valence-corrected chi connectivity index (χ0v) is 20.0. The van der Waals surface area contributed by atoms with Gasteiger partial charge < -0.3 is 24.3 Å². The van der Waals surface area contributed by atoms with Crippen molar-refractivity contribution in [1.29, 1.82) is 0 Å². The molecule has 0 amide bonds. The van der Waals surface area contributed by atoms with Gasteiger partial charge in [0.05, 0.1) is 12.2 Å². The third-order valence-electron chi connectivity index (χ3n) is 5.41. The van der Waals surface area contributed by atoms with Crippen LogP contribution in [0.4, 0.5) is 0 Å². The van der Waals surface area contributed by atoms with Crippen molar-refractivity contribution in [3.05, 3.63) is 96.6 Å². The van der Waals surface area contributed by atoms with E-state index in [-0.39, 0.29) is 5.97 Å². The second kappa shape index (κ2) is 13.9. The summed E-state index contributed by atoms with van der Waals surface area (Å²) < 4.78 is 16.1. The maximum Gasteiger partial charge on any atom is 0.488 e. The first-order chi connectivity index (χ1) is 17.4. The predicted octanol–water partition coefficient (Wildman–Crippen LogP) is 4.21. The number of carbonyl (C=O) groups is 2. The van der Waals surface area contributed by atoms with Gasteiger partial charge in [-0.05, 0) is 78.8 Å². The Labute approximate surface area is 211 Å². The summed E-state index contributed by atoms with van der Waals surface area (Å²) >= 11 is 0. The molecular weight excluding hydrogens is 459 g/mol. The van der Waals surface area contributed by atoms with Gasteiger partial charge >= 0.3 is 19.1 Å². The highest BCUT2D eigenvalue weighted by molar-refractivity contribution is 6.58. The molecule has 3 rings (SSSR count). The van der Waals surface area contributed by atoms with Crippen LogP contribution < -0.4 is 14.9 Å². The fourth-order valence-electron chi connectivity index (χ4n) is 3.41. The van der Waals surface area contributed by atoms with Crippen molar-refractivity contribution in [2.24, 2.45) is 0 Å². The number of hydrogen-bond donors (Lipinski definition) is 2. The molecule has 0 fully saturated rings. The number of unbranched alkanes of at least 4 members (excludes halogenated alkanes) is 3. The fraction of sp³-hybridized carbons (Fsp3) is 0.214. The van der Waals surface area contributed by atoms with Crippen LogP contribution in [0.15, 0.2) is 85.5 Å². The Morgan fingerprint density at radius 2 is 1.36 bits per heavy atom. The lowest BCUT2D eigenvalue weighted by atomic mass is 9.80. The van der Waals surface area contributed by atoms with Crippen LogP contribution in [0, 0.1) is 0 Å². The molecule has 0 atom stereocenters. The maximum absolute atomic E-state index is 12.4. The zero-order valence-electron chi connectivity index (χ0n) is 20.0. The molecule has 0 aliphatic heterocycles. The van der Waals surface area contributed by atoms with E-state index in [1.165, 1.54) is 35.9 Å². The summed E-state index contributed by atoms with van der Waals surface area (Å²) in [4.78, 5) is 23.3. The number of benzene rings is 3. The lowest BCUT2D eigenvalue weighted by molar-refractivity contribution is -0.137. The van der Waals surface area contributed by atoms with Crippen LogP contribution in [0.2, 0.25) is 0 Å². The van der Waals surface area contributed by atoms with Gasteiger partial charge in [-0.1, -0.05) is 43.7 Å². The number of ether oxygens (including phenoxy) is 3. The predicted molar refractivity (Wildman–Crippen MR) is 138 cm³/mol. The Morgan fingerprint density at radius 1 is 0.778 bits per heavy atom. The Kier molecular flexibility index (Phi) is 10.3. The zero-order chi connectivity index (χ0) is 25.8. The molecule has 3 aromatic carbocycles. The van der Waals surface area contributed by atoms with Gasteiger partial charge in [-0.2, -0.15) is 0 Å². The molecule has 2 N–H and O–H groups in total. The van der Waals surface area contributed by atoms with E-state index in [2.05, 4.69) is 6.58 Å². The molecule has 36 heavy (non-hydrogen) atoms. The molecule has 0 spiro atoms. The molecule has 0 radical (unpaired) electrons. The van der Waals surface area contributed by atoms with Crippen LogP contribution in [0.25, 0.3) is 0 Å². The van der Waals surface area contributed by atoms with E-state index < -0.39 is 13.1 Å². The van der Waals surface area contributed by atoms with E-state index in [0.717, 1.165) is 32.1 Å². The average Bonchev–Trinajstić information content (AvgIpc) is 2.89. The van der Waals surface area contributed by atoms with Gasteiger partial charge in [0.1, 0.15) is 17.2 Å². The Balaban J connectivity index is 1.40. The van der Waals surface area contributed by atoms with Crippen LogP contribution in [0.1, 0.15) is 41.6 Å².